The van der Waals surface area contributed by atoms with Gasteiger partial charge in [-0.25, -0.2) is 4.57 Å². The summed E-state index contributed by atoms with van der Waals surface area (Å²) in [7, 11) is -4.73. The van der Waals surface area contributed by atoms with Crippen LogP contribution in [-0.2, 0) is 28.2 Å². The third-order valence-electron chi connectivity index (χ3n) is 6.61. The van der Waals surface area contributed by atoms with Crippen LogP contribution in [0.2, 0.25) is 0 Å². The Balaban J connectivity index is 3.75. The maximum atomic E-state index is 12.2. The Morgan fingerprint density at radius 3 is 1.65 bits per heavy atom. The first-order valence-electron chi connectivity index (χ1n) is 16.4. The first-order valence-corrected chi connectivity index (χ1v) is 18.0. The van der Waals surface area contributed by atoms with E-state index in [9.17, 15) is 14.2 Å². The van der Waals surface area contributed by atoms with Crippen LogP contribution in [0.5, 0.6) is 0 Å². The Hall–Kier alpha value is -1.99. The molecule has 0 fully saturated rings. The second-order valence-corrected chi connectivity index (χ2v) is 12.0. The molecule has 0 aliphatic rings. The lowest BCUT2D eigenvalue weighted by Gasteiger charge is -2.18. The second-order valence-electron chi connectivity index (χ2n) is 10.8. The van der Waals surface area contributed by atoms with E-state index >= 15 is 0 Å². The summed E-state index contributed by atoms with van der Waals surface area (Å²) in [6.45, 7) is 3.26. The molecule has 0 radical (unpaired) electrons. The number of unbranched alkanes of at least 4 members (excludes halogenated alkanes) is 11. The second kappa shape index (κ2) is 30.1. The number of allylic oxidation sites excluding steroid dienone is 8. The molecule has 0 heterocycles. The molecule has 0 bridgehead atoms. The molecule has 0 aromatic carbocycles. The molecule has 0 aromatic heterocycles. The Morgan fingerprint density at radius 2 is 1.12 bits per heavy atom. The molecule has 9 heteroatoms. The van der Waals surface area contributed by atoms with Gasteiger partial charge in [0.15, 0.2) is 6.10 Å². The van der Waals surface area contributed by atoms with Gasteiger partial charge in [0.25, 0.3) is 0 Å². The van der Waals surface area contributed by atoms with Crippen molar-refractivity contribution in [3.63, 3.8) is 0 Å². The van der Waals surface area contributed by atoms with Crippen molar-refractivity contribution in [1.82, 2.24) is 0 Å². The van der Waals surface area contributed by atoms with E-state index in [4.69, 9.17) is 19.3 Å². The predicted molar refractivity (Wildman–Crippen MR) is 174 cm³/mol. The first-order chi connectivity index (χ1) is 20.8. The summed E-state index contributed by atoms with van der Waals surface area (Å²) in [5.74, 6) is -0.935. The van der Waals surface area contributed by atoms with Crippen molar-refractivity contribution in [2.45, 2.75) is 142 Å². The number of ether oxygens (including phenoxy) is 2. The van der Waals surface area contributed by atoms with Crippen molar-refractivity contribution in [1.29, 1.82) is 0 Å². The van der Waals surface area contributed by atoms with Crippen LogP contribution in [0.25, 0.3) is 0 Å². The molecule has 2 N–H and O–H groups in total. The summed E-state index contributed by atoms with van der Waals surface area (Å²) in [6.07, 6.45) is 35.3. The van der Waals surface area contributed by atoms with Gasteiger partial charge in [0.1, 0.15) is 6.61 Å². The zero-order valence-electron chi connectivity index (χ0n) is 26.8. The van der Waals surface area contributed by atoms with Crippen LogP contribution in [0.4, 0.5) is 0 Å². The largest absolute Gasteiger partial charge is 0.469 e. The lowest BCUT2D eigenvalue weighted by Crippen LogP contribution is -2.29. The topological polar surface area (TPSA) is 119 Å². The van der Waals surface area contributed by atoms with E-state index in [2.05, 4.69) is 60.1 Å². The molecule has 0 saturated heterocycles. The van der Waals surface area contributed by atoms with Crippen LogP contribution in [0.15, 0.2) is 48.6 Å². The van der Waals surface area contributed by atoms with Crippen LogP contribution in [0.3, 0.4) is 0 Å². The minimum Gasteiger partial charge on any atom is -0.462 e. The van der Waals surface area contributed by atoms with Gasteiger partial charge < -0.3 is 19.3 Å². The highest BCUT2D eigenvalue weighted by Gasteiger charge is 2.22. The highest BCUT2D eigenvalue weighted by atomic mass is 31.2. The van der Waals surface area contributed by atoms with E-state index in [1.807, 2.05) is 6.92 Å². The van der Waals surface area contributed by atoms with Gasteiger partial charge in [-0.1, -0.05) is 120 Å². The molecule has 1 atom stereocenters. The van der Waals surface area contributed by atoms with Crippen molar-refractivity contribution in [2.75, 3.05) is 13.2 Å². The zero-order valence-corrected chi connectivity index (χ0v) is 27.7. The molecule has 43 heavy (non-hydrogen) atoms. The van der Waals surface area contributed by atoms with E-state index in [-0.39, 0.29) is 19.4 Å². The summed E-state index contributed by atoms with van der Waals surface area (Å²) in [5, 5.41) is 0. The number of hydrogen-bond acceptors (Lipinski definition) is 6. The van der Waals surface area contributed by atoms with Crippen LogP contribution in [0, 0.1) is 0 Å². The molecule has 0 aliphatic carbocycles. The number of rotatable bonds is 29. The lowest BCUT2D eigenvalue weighted by molar-refractivity contribution is -0.161. The highest BCUT2D eigenvalue weighted by molar-refractivity contribution is 7.46. The zero-order chi connectivity index (χ0) is 31.9. The Kier molecular flexibility index (Phi) is 28.7. The average molecular weight is 627 g/mol. The number of carbonyl (C=O) groups is 2. The van der Waals surface area contributed by atoms with Gasteiger partial charge in [-0.05, 0) is 51.4 Å². The fourth-order valence-electron chi connectivity index (χ4n) is 4.16. The summed E-state index contributed by atoms with van der Waals surface area (Å²) in [5.41, 5.74) is 0. The molecule has 0 rings (SSSR count). The smallest absolute Gasteiger partial charge is 0.462 e. The van der Waals surface area contributed by atoms with Gasteiger partial charge in [-0.3, -0.25) is 14.1 Å². The number of phosphoric acid groups is 1. The average Bonchev–Trinajstić information content (AvgIpc) is 2.97. The minimum atomic E-state index is -4.73. The van der Waals surface area contributed by atoms with Gasteiger partial charge in [-0.2, -0.15) is 0 Å². The fourth-order valence-corrected chi connectivity index (χ4v) is 4.52. The Morgan fingerprint density at radius 1 is 0.628 bits per heavy atom. The van der Waals surface area contributed by atoms with Crippen molar-refractivity contribution in [2.24, 2.45) is 0 Å². The summed E-state index contributed by atoms with van der Waals surface area (Å²) in [4.78, 5) is 41.8. The monoisotopic (exact) mass is 626 g/mol. The molecule has 0 saturated carbocycles. The van der Waals surface area contributed by atoms with Gasteiger partial charge >= 0.3 is 19.8 Å². The van der Waals surface area contributed by atoms with Crippen LogP contribution < -0.4 is 0 Å². The third kappa shape index (κ3) is 32.8. The van der Waals surface area contributed by atoms with Crippen molar-refractivity contribution in [3.05, 3.63) is 48.6 Å². The SMILES string of the molecule is CC/C=C\C/C=C\C/C=C\C/C=C\CCCCCCCCCCCCC(=O)OC(COC(=O)CCCC)COP(=O)(O)O. The predicted octanol–water partition coefficient (Wildman–Crippen LogP) is 9.23. The Bertz CT molecular complexity index is 843. The van der Waals surface area contributed by atoms with Crippen molar-refractivity contribution in [3.8, 4) is 0 Å². The molecular weight excluding hydrogens is 567 g/mol. The van der Waals surface area contributed by atoms with Gasteiger partial charge in [-0.15, -0.1) is 0 Å². The maximum absolute atomic E-state index is 12.2. The molecular formula is C34H59O8P. The van der Waals surface area contributed by atoms with E-state index in [0.29, 0.717) is 12.8 Å². The van der Waals surface area contributed by atoms with E-state index in [1.165, 1.54) is 38.5 Å². The minimum absolute atomic E-state index is 0.204. The molecule has 0 aromatic rings. The van der Waals surface area contributed by atoms with E-state index in [1.54, 1.807) is 0 Å². The van der Waals surface area contributed by atoms with Gasteiger partial charge in [0.2, 0.25) is 0 Å². The molecule has 0 spiro atoms. The molecule has 0 amide bonds. The van der Waals surface area contributed by atoms with Crippen molar-refractivity contribution >= 4 is 19.8 Å². The van der Waals surface area contributed by atoms with E-state index in [0.717, 1.165) is 57.8 Å². The summed E-state index contributed by atoms with van der Waals surface area (Å²) >= 11 is 0. The summed E-state index contributed by atoms with van der Waals surface area (Å²) in [6, 6.07) is 0. The first kappa shape index (κ1) is 41.0. The maximum Gasteiger partial charge on any atom is 0.469 e. The standard InChI is InChI=1S/C34H59O8P/c1-3-5-7-8-9-10-11-12-13-14-15-16-17-18-19-20-21-22-23-24-25-26-27-29-34(36)42-32(31-41-43(37,38)39)30-40-33(35)28-6-4-2/h5,7,9-10,12-13,15-16,32H,3-4,6,8,11,14,17-31H2,1-2H3,(H2,37,38,39)/b7-5-,10-9-,13-12-,16-15-. The molecule has 1 unspecified atom stereocenters. The third-order valence-corrected chi connectivity index (χ3v) is 7.10. The Labute approximate surface area is 261 Å². The highest BCUT2D eigenvalue weighted by Crippen LogP contribution is 2.35. The van der Waals surface area contributed by atoms with Crippen LogP contribution >= 0.6 is 7.82 Å². The van der Waals surface area contributed by atoms with Crippen LogP contribution in [0.1, 0.15) is 136 Å². The quantitative estimate of drug-likeness (QED) is 0.0365. The molecule has 248 valence electrons. The number of esters is 2. The lowest BCUT2D eigenvalue weighted by atomic mass is 10.0. The molecule has 0 aliphatic heterocycles. The number of hydrogen-bond donors (Lipinski definition) is 2. The number of carbonyl (C=O) groups excluding carboxylic acids is 2. The van der Waals surface area contributed by atoms with Gasteiger partial charge in [0, 0.05) is 12.8 Å². The van der Waals surface area contributed by atoms with Crippen LogP contribution in [-0.4, -0.2) is 41.0 Å². The van der Waals surface area contributed by atoms with Crippen molar-refractivity contribution < 1.29 is 37.9 Å². The summed E-state index contributed by atoms with van der Waals surface area (Å²) < 4.78 is 25.8. The van der Waals surface area contributed by atoms with E-state index < -0.39 is 32.5 Å². The molecule has 8 nitrogen and oxygen atoms in total. The number of phosphoric ester groups is 1. The van der Waals surface area contributed by atoms with Gasteiger partial charge in [0.05, 0.1) is 6.61 Å². The fraction of sp³-hybridized carbons (Fsp3) is 0.706. The normalized spacial score (nSPS) is 13.1.